The summed E-state index contributed by atoms with van der Waals surface area (Å²) in [6.07, 6.45) is 12.7. The molecule has 1 rings (SSSR count). The molecule has 0 aromatic carbocycles. The lowest BCUT2D eigenvalue weighted by atomic mass is 10.1. The Labute approximate surface area is 156 Å². The second-order valence-electron chi connectivity index (χ2n) is 6.43. The van der Waals surface area contributed by atoms with E-state index in [0.29, 0.717) is 5.03 Å². The van der Waals surface area contributed by atoms with Crippen LogP contribution in [0.3, 0.4) is 0 Å². The first kappa shape index (κ1) is 21.2. The predicted molar refractivity (Wildman–Crippen MR) is 107 cm³/mol. The Morgan fingerprint density at radius 2 is 1.72 bits per heavy atom. The van der Waals surface area contributed by atoms with Crippen molar-refractivity contribution in [2.45, 2.75) is 58.4 Å². The van der Waals surface area contributed by atoms with Gasteiger partial charge < -0.3 is 5.11 Å². The maximum atomic E-state index is 11.2. The lowest BCUT2D eigenvalue weighted by molar-refractivity contribution is 0.0692. The average molecular weight is 360 g/mol. The van der Waals surface area contributed by atoms with Crippen LogP contribution < -0.4 is 0 Å². The van der Waals surface area contributed by atoms with Crippen molar-refractivity contribution in [2.24, 2.45) is 0 Å². The monoisotopic (exact) mass is 359 g/mol. The van der Waals surface area contributed by atoms with Gasteiger partial charge in [-0.1, -0.05) is 34.9 Å². The summed E-state index contributed by atoms with van der Waals surface area (Å²) in [5, 5.41) is 9.73. The van der Waals surface area contributed by atoms with Crippen LogP contribution in [-0.4, -0.2) is 21.8 Å². The highest BCUT2D eigenvalue weighted by molar-refractivity contribution is 7.99. The summed E-state index contributed by atoms with van der Waals surface area (Å²) >= 11 is 1.47. The second-order valence-corrected chi connectivity index (χ2v) is 7.44. The molecule has 0 aliphatic rings. The highest BCUT2D eigenvalue weighted by Gasteiger charge is 2.09. The molecular weight excluding hydrogens is 330 g/mol. The molecule has 3 nitrogen and oxygen atoms in total. The highest BCUT2D eigenvalue weighted by Crippen LogP contribution is 2.21. The van der Waals surface area contributed by atoms with E-state index in [1.807, 2.05) is 0 Å². The van der Waals surface area contributed by atoms with Crippen LogP contribution in [0.4, 0.5) is 0 Å². The van der Waals surface area contributed by atoms with Crippen molar-refractivity contribution in [2.75, 3.05) is 5.75 Å². The largest absolute Gasteiger partial charge is 0.478 e. The van der Waals surface area contributed by atoms with Crippen molar-refractivity contribution in [1.82, 2.24) is 4.98 Å². The maximum Gasteiger partial charge on any atom is 0.338 e. The molecular formula is C21H29NO2S. The van der Waals surface area contributed by atoms with Crippen LogP contribution in [0.25, 0.3) is 0 Å². The molecule has 0 spiro atoms. The third-order valence-corrected chi connectivity index (χ3v) is 4.71. The number of pyridine rings is 1. The van der Waals surface area contributed by atoms with Gasteiger partial charge in [0, 0.05) is 11.9 Å². The Morgan fingerprint density at radius 1 is 1.08 bits per heavy atom. The first-order valence-electron chi connectivity index (χ1n) is 8.66. The lowest BCUT2D eigenvalue weighted by Crippen LogP contribution is -2.00. The quantitative estimate of drug-likeness (QED) is 0.394. The predicted octanol–water partition coefficient (Wildman–Crippen LogP) is 6.29. The van der Waals surface area contributed by atoms with Gasteiger partial charge in [0.15, 0.2) is 0 Å². The number of carboxylic acid groups (broad SMARTS) is 1. The van der Waals surface area contributed by atoms with Crippen LogP contribution in [0.15, 0.2) is 58.3 Å². The molecule has 0 atom stereocenters. The standard InChI is InChI=1S/C21H29NO2S/c1-16(2)8-5-9-17(3)10-6-11-18(4)13-15-25-20-19(21(23)24)12-7-14-22-20/h7-8,10,12-14H,5-6,9,11,15H2,1-4H3,(H,23,24)/b17-10+,18-13+. The molecule has 25 heavy (non-hydrogen) atoms. The Balaban J connectivity index is 2.39. The molecule has 0 bridgehead atoms. The number of carboxylic acids is 1. The van der Waals surface area contributed by atoms with E-state index < -0.39 is 5.97 Å². The first-order chi connectivity index (χ1) is 11.9. The van der Waals surface area contributed by atoms with Crippen molar-refractivity contribution < 1.29 is 9.90 Å². The number of aromatic carboxylic acids is 1. The van der Waals surface area contributed by atoms with E-state index in [4.69, 9.17) is 5.11 Å². The minimum atomic E-state index is -0.926. The molecule has 0 radical (unpaired) electrons. The van der Waals surface area contributed by atoms with Gasteiger partial charge in [0.05, 0.1) is 5.56 Å². The smallest absolute Gasteiger partial charge is 0.338 e. The molecule has 136 valence electrons. The van der Waals surface area contributed by atoms with Gasteiger partial charge in [0.2, 0.25) is 0 Å². The second kappa shape index (κ2) is 11.7. The van der Waals surface area contributed by atoms with E-state index in [1.165, 1.54) is 28.5 Å². The van der Waals surface area contributed by atoms with Gasteiger partial charge in [-0.05, 0) is 65.5 Å². The molecule has 0 aliphatic carbocycles. The molecule has 0 unspecified atom stereocenters. The number of carbonyl (C=O) groups is 1. The van der Waals surface area contributed by atoms with Gasteiger partial charge in [-0.25, -0.2) is 9.78 Å². The lowest BCUT2D eigenvalue weighted by Gasteiger charge is -2.04. The fourth-order valence-electron chi connectivity index (χ4n) is 2.27. The van der Waals surface area contributed by atoms with Crippen LogP contribution in [-0.2, 0) is 0 Å². The van der Waals surface area contributed by atoms with Gasteiger partial charge in [-0.15, -0.1) is 11.8 Å². The highest BCUT2D eigenvalue weighted by atomic mass is 32.2. The fourth-order valence-corrected chi connectivity index (χ4v) is 3.24. The number of nitrogens with zero attached hydrogens (tertiary/aromatic N) is 1. The molecule has 0 saturated carbocycles. The van der Waals surface area contributed by atoms with Crippen LogP contribution >= 0.6 is 11.8 Å². The number of allylic oxidation sites excluding steroid dienone is 5. The summed E-state index contributed by atoms with van der Waals surface area (Å²) in [7, 11) is 0. The van der Waals surface area contributed by atoms with Crippen molar-refractivity contribution in [1.29, 1.82) is 0 Å². The van der Waals surface area contributed by atoms with E-state index in [-0.39, 0.29) is 5.56 Å². The van der Waals surface area contributed by atoms with E-state index >= 15 is 0 Å². The summed E-state index contributed by atoms with van der Waals surface area (Å²) in [6.45, 7) is 8.59. The van der Waals surface area contributed by atoms with Gasteiger partial charge in [-0.2, -0.15) is 0 Å². The summed E-state index contributed by atoms with van der Waals surface area (Å²) in [5.41, 5.74) is 4.42. The van der Waals surface area contributed by atoms with Crippen LogP contribution in [0.5, 0.6) is 0 Å². The molecule has 1 heterocycles. The Bertz CT molecular complexity index is 656. The Hall–Kier alpha value is -1.81. The fraction of sp³-hybridized carbons (Fsp3) is 0.429. The van der Waals surface area contributed by atoms with E-state index in [0.717, 1.165) is 31.4 Å². The van der Waals surface area contributed by atoms with Crippen LogP contribution in [0.2, 0.25) is 0 Å². The number of aromatic nitrogens is 1. The molecule has 0 fully saturated rings. The summed E-state index contributed by atoms with van der Waals surface area (Å²) in [5.74, 6) is -0.183. The normalized spacial score (nSPS) is 12.2. The maximum absolute atomic E-state index is 11.2. The van der Waals surface area contributed by atoms with Crippen molar-refractivity contribution in [3.8, 4) is 0 Å². The minimum absolute atomic E-state index is 0.272. The summed E-state index contributed by atoms with van der Waals surface area (Å²) in [4.78, 5) is 15.3. The third-order valence-electron chi connectivity index (χ3n) is 3.78. The van der Waals surface area contributed by atoms with E-state index in [2.05, 4.69) is 50.9 Å². The summed E-state index contributed by atoms with van der Waals surface area (Å²) in [6, 6.07) is 3.25. The van der Waals surface area contributed by atoms with Crippen LogP contribution in [0, 0.1) is 0 Å². The first-order valence-corrected chi connectivity index (χ1v) is 9.64. The molecule has 4 heteroatoms. The minimum Gasteiger partial charge on any atom is -0.478 e. The van der Waals surface area contributed by atoms with Gasteiger partial charge in [0.1, 0.15) is 5.03 Å². The third kappa shape index (κ3) is 9.30. The van der Waals surface area contributed by atoms with E-state index in [9.17, 15) is 4.79 Å². The van der Waals surface area contributed by atoms with Crippen molar-refractivity contribution >= 4 is 17.7 Å². The van der Waals surface area contributed by atoms with Gasteiger partial charge in [-0.3, -0.25) is 0 Å². The Kier molecular flexibility index (Phi) is 9.93. The van der Waals surface area contributed by atoms with Crippen molar-refractivity contribution in [3.05, 3.63) is 58.8 Å². The van der Waals surface area contributed by atoms with Crippen molar-refractivity contribution in [3.63, 3.8) is 0 Å². The van der Waals surface area contributed by atoms with E-state index in [1.54, 1.807) is 18.3 Å². The Morgan fingerprint density at radius 3 is 2.36 bits per heavy atom. The molecule has 1 aromatic heterocycles. The summed E-state index contributed by atoms with van der Waals surface area (Å²) < 4.78 is 0. The zero-order valence-electron chi connectivity index (χ0n) is 15.7. The number of rotatable bonds is 10. The molecule has 1 aromatic rings. The number of hydrogen-bond acceptors (Lipinski definition) is 3. The topological polar surface area (TPSA) is 50.2 Å². The SMILES string of the molecule is CC(C)=CCC/C(C)=C/CC/C(C)=C/CSc1ncccc1C(=O)O. The number of thioether (sulfide) groups is 1. The number of hydrogen-bond donors (Lipinski definition) is 1. The molecule has 0 amide bonds. The van der Waals surface area contributed by atoms with Gasteiger partial charge in [0.25, 0.3) is 0 Å². The zero-order valence-corrected chi connectivity index (χ0v) is 16.5. The van der Waals surface area contributed by atoms with Crippen LogP contribution in [0.1, 0.15) is 63.7 Å². The average Bonchev–Trinajstić information content (AvgIpc) is 2.54. The van der Waals surface area contributed by atoms with Gasteiger partial charge >= 0.3 is 5.97 Å². The zero-order chi connectivity index (χ0) is 18.7. The molecule has 0 aliphatic heterocycles. The molecule has 0 saturated heterocycles. The molecule has 1 N–H and O–H groups in total.